The Morgan fingerprint density at radius 2 is 1.87 bits per heavy atom. The van der Waals surface area contributed by atoms with E-state index in [0.29, 0.717) is 25.9 Å². The van der Waals surface area contributed by atoms with Crippen LogP contribution in [0.5, 0.6) is 0 Å². The lowest BCUT2D eigenvalue weighted by Gasteiger charge is -2.41. The number of hydrogen-bond donors (Lipinski definition) is 1. The van der Waals surface area contributed by atoms with Gasteiger partial charge in [-0.15, -0.1) is 0 Å². The van der Waals surface area contributed by atoms with Crippen LogP contribution in [0.15, 0.2) is 6.20 Å². The van der Waals surface area contributed by atoms with E-state index in [1.54, 1.807) is 6.92 Å². The molecule has 2 aliphatic heterocycles. The Morgan fingerprint density at radius 1 is 1.23 bits per heavy atom. The number of halogens is 3. The van der Waals surface area contributed by atoms with Crippen LogP contribution in [0.2, 0.25) is 0 Å². The van der Waals surface area contributed by atoms with Crippen LogP contribution >= 0.6 is 0 Å². The molecule has 0 spiro atoms. The predicted molar refractivity (Wildman–Crippen MR) is 109 cm³/mol. The van der Waals surface area contributed by atoms with Crippen molar-refractivity contribution in [1.82, 2.24) is 14.7 Å². The standard InChI is InChI=1S/C21H31F3N4O3/c1-4-13(5-2)19(29)27-9-7-14(8-10-27)16-11-17(21(22,23)24)28-18(26-16)15(12-25-28)20(30)31-6-3/h12-14,16-17,26H,4-11H2,1-3H3/t16-,17+/m0/s1. The number of anilines is 1. The molecule has 31 heavy (non-hydrogen) atoms. The molecule has 1 aromatic rings. The maximum absolute atomic E-state index is 13.8. The number of fused-ring (bicyclic) bond motifs is 1. The van der Waals surface area contributed by atoms with Crippen molar-refractivity contribution in [2.45, 2.75) is 71.1 Å². The van der Waals surface area contributed by atoms with E-state index in [1.165, 1.54) is 0 Å². The van der Waals surface area contributed by atoms with E-state index < -0.39 is 24.2 Å². The van der Waals surface area contributed by atoms with Gasteiger partial charge in [0.2, 0.25) is 5.91 Å². The van der Waals surface area contributed by atoms with Crippen LogP contribution in [0.1, 0.15) is 69.3 Å². The summed E-state index contributed by atoms with van der Waals surface area (Å²) < 4.78 is 47.2. The highest BCUT2D eigenvalue weighted by atomic mass is 19.4. The summed E-state index contributed by atoms with van der Waals surface area (Å²) in [4.78, 5) is 26.7. The second kappa shape index (κ2) is 9.48. The first-order valence-electron chi connectivity index (χ1n) is 11.1. The van der Waals surface area contributed by atoms with Crippen LogP contribution in [-0.2, 0) is 9.53 Å². The van der Waals surface area contributed by atoms with Crippen molar-refractivity contribution >= 4 is 17.7 Å². The van der Waals surface area contributed by atoms with Crippen LogP contribution in [0.25, 0.3) is 0 Å². The number of ether oxygens (including phenoxy) is 1. The van der Waals surface area contributed by atoms with Gasteiger partial charge in [0.05, 0.1) is 12.8 Å². The number of aromatic nitrogens is 2. The summed E-state index contributed by atoms with van der Waals surface area (Å²) in [5.41, 5.74) is 0.0159. The molecule has 1 saturated heterocycles. The number of carbonyl (C=O) groups excluding carboxylic acids is 2. The number of piperidine rings is 1. The van der Waals surface area contributed by atoms with Gasteiger partial charge in [-0.3, -0.25) is 4.79 Å². The van der Waals surface area contributed by atoms with Gasteiger partial charge >= 0.3 is 12.1 Å². The normalized spacial score (nSPS) is 22.2. The lowest BCUT2D eigenvalue weighted by atomic mass is 9.84. The van der Waals surface area contributed by atoms with Crippen molar-refractivity contribution in [3.05, 3.63) is 11.8 Å². The summed E-state index contributed by atoms with van der Waals surface area (Å²) in [6.45, 7) is 6.83. The van der Waals surface area contributed by atoms with Gasteiger partial charge < -0.3 is 15.0 Å². The molecule has 1 N–H and O–H groups in total. The molecule has 1 fully saturated rings. The molecule has 0 bridgehead atoms. The van der Waals surface area contributed by atoms with E-state index in [0.717, 1.165) is 23.7 Å². The molecule has 1 aromatic heterocycles. The second-order valence-corrected chi connectivity index (χ2v) is 8.29. The largest absolute Gasteiger partial charge is 0.462 e. The first-order chi connectivity index (χ1) is 14.7. The van der Waals surface area contributed by atoms with Crippen molar-refractivity contribution in [3.8, 4) is 0 Å². The minimum atomic E-state index is -4.49. The lowest BCUT2D eigenvalue weighted by Crippen LogP contribution is -2.48. The van der Waals surface area contributed by atoms with Gasteiger partial charge in [-0.2, -0.15) is 18.3 Å². The molecule has 0 saturated carbocycles. The Kier molecular flexibility index (Phi) is 7.16. The van der Waals surface area contributed by atoms with Crippen molar-refractivity contribution < 1.29 is 27.5 Å². The second-order valence-electron chi connectivity index (χ2n) is 8.29. The van der Waals surface area contributed by atoms with E-state index in [9.17, 15) is 22.8 Å². The topological polar surface area (TPSA) is 76.5 Å². The molecule has 0 radical (unpaired) electrons. The number of hydrogen-bond acceptors (Lipinski definition) is 5. The van der Waals surface area contributed by atoms with Crippen LogP contribution in [-0.4, -0.2) is 58.5 Å². The Bertz CT molecular complexity index is 783. The Hall–Kier alpha value is -2.26. The van der Waals surface area contributed by atoms with Crippen LogP contribution in [0, 0.1) is 11.8 Å². The summed E-state index contributed by atoms with van der Waals surface area (Å²) in [5, 5.41) is 6.98. The maximum Gasteiger partial charge on any atom is 0.410 e. The summed E-state index contributed by atoms with van der Waals surface area (Å²) in [6, 6.07) is -2.27. The van der Waals surface area contributed by atoms with Gasteiger partial charge in [-0.1, -0.05) is 13.8 Å². The molecule has 2 atom stereocenters. The fraction of sp³-hybridized carbons (Fsp3) is 0.762. The smallest absolute Gasteiger partial charge is 0.410 e. The SMILES string of the molecule is CCOC(=O)c1cnn2c1N[C@H](C1CCN(C(=O)C(CC)CC)CC1)C[C@@H]2C(F)(F)F. The number of nitrogens with one attached hydrogen (secondary N) is 1. The number of nitrogens with zero attached hydrogens (tertiary/aromatic N) is 3. The quantitative estimate of drug-likeness (QED) is 0.671. The third-order valence-corrected chi connectivity index (χ3v) is 6.52. The fourth-order valence-corrected chi connectivity index (χ4v) is 4.68. The average Bonchev–Trinajstić information content (AvgIpc) is 3.17. The van der Waals surface area contributed by atoms with Crippen LogP contribution in [0.3, 0.4) is 0 Å². The summed E-state index contributed by atoms with van der Waals surface area (Å²) >= 11 is 0. The van der Waals surface area contributed by atoms with Gasteiger partial charge in [0, 0.05) is 25.0 Å². The molecule has 10 heteroatoms. The fourth-order valence-electron chi connectivity index (χ4n) is 4.68. The zero-order valence-corrected chi connectivity index (χ0v) is 18.2. The van der Waals surface area contributed by atoms with Gasteiger partial charge in [-0.05, 0) is 44.9 Å². The van der Waals surface area contributed by atoms with Crippen LogP contribution in [0.4, 0.5) is 19.0 Å². The zero-order chi connectivity index (χ0) is 22.8. The number of esters is 1. The number of likely N-dealkylation sites (tertiary alicyclic amines) is 1. The van der Waals surface area contributed by atoms with Crippen molar-refractivity contribution in [3.63, 3.8) is 0 Å². The molecule has 2 aliphatic rings. The van der Waals surface area contributed by atoms with E-state index in [2.05, 4.69) is 10.4 Å². The Labute approximate surface area is 180 Å². The highest BCUT2D eigenvalue weighted by Gasteiger charge is 2.48. The molecule has 7 nitrogen and oxygen atoms in total. The minimum Gasteiger partial charge on any atom is -0.462 e. The third-order valence-electron chi connectivity index (χ3n) is 6.52. The molecular formula is C21H31F3N4O3. The maximum atomic E-state index is 13.8. The van der Waals surface area contributed by atoms with E-state index >= 15 is 0 Å². The van der Waals surface area contributed by atoms with Gasteiger partial charge in [0.15, 0.2) is 6.04 Å². The van der Waals surface area contributed by atoms with Crippen molar-refractivity contribution in [2.24, 2.45) is 11.8 Å². The number of carbonyl (C=O) groups is 2. The monoisotopic (exact) mass is 444 g/mol. The predicted octanol–water partition coefficient (Wildman–Crippen LogP) is 4.02. The number of amides is 1. The molecule has 3 rings (SSSR count). The summed E-state index contributed by atoms with van der Waals surface area (Å²) in [7, 11) is 0. The number of alkyl halides is 3. The minimum absolute atomic E-state index is 0.000419. The molecular weight excluding hydrogens is 413 g/mol. The molecule has 0 aliphatic carbocycles. The van der Waals surface area contributed by atoms with E-state index in [-0.39, 0.29) is 42.2 Å². The molecule has 0 unspecified atom stereocenters. The van der Waals surface area contributed by atoms with Crippen molar-refractivity contribution in [2.75, 3.05) is 25.0 Å². The van der Waals surface area contributed by atoms with Gasteiger partial charge in [-0.25, -0.2) is 9.48 Å². The van der Waals surface area contributed by atoms with E-state index in [4.69, 9.17) is 4.74 Å². The molecule has 1 amide bonds. The molecule has 3 heterocycles. The van der Waals surface area contributed by atoms with E-state index in [1.807, 2.05) is 18.7 Å². The average molecular weight is 444 g/mol. The highest BCUT2D eigenvalue weighted by molar-refractivity contribution is 5.94. The third kappa shape index (κ3) is 4.82. The first-order valence-corrected chi connectivity index (χ1v) is 11.1. The molecule has 174 valence electrons. The van der Waals surface area contributed by atoms with Crippen LogP contribution < -0.4 is 5.32 Å². The van der Waals surface area contributed by atoms with Crippen molar-refractivity contribution in [1.29, 1.82) is 0 Å². The Morgan fingerprint density at radius 3 is 2.42 bits per heavy atom. The zero-order valence-electron chi connectivity index (χ0n) is 18.2. The summed E-state index contributed by atoms with van der Waals surface area (Å²) in [5.74, 6) is -0.526. The first kappa shape index (κ1) is 23.4. The van der Waals surface area contributed by atoms with Gasteiger partial charge in [0.25, 0.3) is 0 Å². The lowest BCUT2D eigenvalue weighted by molar-refractivity contribution is -0.174. The Balaban J connectivity index is 1.76. The van der Waals surface area contributed by atoms with Gasteiger partial charge in [0.1, 0.15) is 11.4 Å². The summed E-state index contributed by atoms with van der Waals surface area (Å²) in [6.07, 6.45) is -0.697. The highest BCUT2D eigenvalue weighted by Crippen LogP contribution is 2.43. The number of rotatable bonds is 6. The molecule has 0 aromatic carbocycles.